The van der Waals surface area contributed by atoms with Crippen LogP contribution in [0.4, 0.5) is 0 Å². The number of hydrogen-bond acceptors (Lipinski definition) is 11. The molecule has 0 aliphatic rings. The Morgan fingerprint density at radius 2 is 1.53 bits per heavy atom. The first-order valence-corrected chi connectivity index (χ1v) is 15.3. The smallest absolute Gasteiger partial charge is 0.239 e. The molecule has 2 aromatic heterocycles. The van der Waals surface area contributed by atoms with Crippen molar-refractivity contribution in [3.8, 4) is 45.8 Å². The van der Waals surface area contributed by atoms with Gasteiger partial charge in [0.1, 0.15) is 33.8 Å². The van der Waals surface area contributed by atoms with Crippen LogP contribution in [0.1, 0.15) is 24.0 Å². The van der Waals surface area contributed by atoms with Gasteiger partial charge in [-0.1, -0.05) is 6.07 Å². The lowest BCUT2D eigenvalue weighted by atomic mass is 10.1. The fourth-order valence-electron chi connectivity index (χ4n) is 5.07. The van der Waals surface area contributed by atoms with Crippen molar-refractivity contribution in [3.05, 3.63) is 64.1 Å². The molecule has 0 aliphatic carbocycles. The van der Waals surface area contributed by atoms with E-state index in [9.17, 15) is 4.79 Å². The zero-order valence-electron chi connectivity index (χ0n) is 26.4. The zero-order chi connectivity index (χ0) is 32.1. The van der Waals surface area contributed by atoms with E-state index in [2.05, 4.69) is 35.9 Å². The van der Waals surface area contributed by atoms with Gasteiger partial charge >= 0.3 is 0 Å². The maximum atomic E-state index is 14.0. The van der Waals surface area contributed by atoms with Crippen molar-refractivity contribution in [1.29, 1.82) is 0 Å². The summed E-state index contributed by atoms with van der Waals surface area (Å²) in [4.78, 5) is 23.0. The number of hydrogen-bond donors (Lipinski definition) is 0. The molecule has 5 rings (SSSR count). The van der Waals surface area contributed by atoms with Gasteiger partial charge in [-0.15, -0.1) is 11.8 Å². The van der Waals surface area contributed by atoms with Crippen molar-refractivity contribution >= 4 is 33.6 Å². The van der Waals surface area contributed by atoms with E-state index < -0.39 is 0 Å². The number of thioether (sulfide) groups is 1. The molecule has 11 heteroatoms. The van der Waals surface area contributed by atoms with E-state index >= 15 is 0 Å². The summed E-state index contributed by atoms with van der Waals surface area (Å²) in [5.74, 6) is 3.12. The topological polar surface area (TPSA) is 111 Å². The summed E-state index contributed by atoms with van der Waals surface area (Å²) in [6.07, 6.45) is 3.15. The molecule has 5 aromatic rings. The van der Waals surface area contributed by atoms with E-state index in [0.717, 1.165) is 33.7 Å². The van der Waals surface area contributed by atoms with Crippen LogP contribution in [-0.2, 0) is 0 Å². The number of nitrogens with zero attached hydrogens (tertiary/aromatic N) is 2. The second-order valence-electron chi connectivity index (χ2n) is 10.2. The van der Waals surface area contributed by atoms with Gasteiger partial charge in [-0.3, -0.25) is 4.79 Å². The minimum atomic E-state index is -0.369. The molecule has 0 saturated heterocycles. The van der Waals surface area contributed by atoms with Crippen molar-refractivity contribution in [2.45, 2.75) is 31.7 Å². The summed E-state index contributed by atoms with van der Waals surface area (Å²) in [6.45, 7) is 4.45. The number of fused-ring (bicyclic) bond motifs is 2. The van der Waals surface area contributed by atoms with Gasteiger partial charge in [0, 0.05) is 23.1 Å². The van der Waals surface area contributed by atoms with Gasteiger partial charge in [0.25, 0.3) is 0 Å². The van der Waals surface area contributed by atoms with Gasteiger partial charge in [-0.25, -0.2) is 9.97 Å². The number of unbranched alkanes of at least 4 members (excludes halogenated alkanes) is 1. The van der Waals surface area contributed by atoms with Crippen molar-refractivity contribution in [2.75, 3.05) is 47.9 Å². The Balaban J connectivity index is 1.43. The number of methoxy groups -OCH3 is 5. The lowest BCUT2D eigenvalue weighted by Crippen LogP contribution is -2.12. The van der Waals surface area contributed by atoms with Gasteiger partial charge in [0.05, 0.1) is 47.7 Å². The average Bonchev–Trinajstić information content (AvgIpc) is 3.07. The highest BCUT2D eigenvalue weighted by Crippen LogP contribution is 2.44. The third kappa shape index (κ3) is 6.30. The summed E-state index contributed by atoms with van der Waals surface area (Å²) in [7, 11) is 7.59. The monoisotopic (exact) mass is 632 g/mol. The highest BCUT2D eigenvalue weighted by molar-refractivity contribution is 7.99. The van der Waals surface area contributed by atoms with Crippen molar-refractivity contribution < 1.29 is 32.8 Å². The van der Waals surface area contributed by atoms with Gasteiger partial charge < -0.3 is 32.8 Å². The standard InChI is InChI=1S/C34H36N2O8S/c1-19-10-11-23-29(20(19)2)35-18-36-34(23)45-13-9-8-12-43-33-30(37)28-24(39-4)16-22(38-3)17-25(28)44-31(33)21-14-26(40-5)32(42-7)27(15-21)41-6/h10-11,14-18H,8-9,12-13H2,1-7H3. The minimum absolute atomic E-state index is 0.0560. The van der Waals surface area contributed by atoms with E-state index in [4.69, 9.17) is 32.8 Å². The number of aromatic nitrogens is 2. The van der Waals surface area contributed by atoms with E-state index in [-0.39, 0.29) is 34.5 Å². The van der Waals surface area contributed by atoms with Crippen LogP contribution in [0.15, 0.2) is 57.0 Å². The van der Waals surface area contributed by atoms with Gasteiger partial charge in [-0.2, -0.15) is 0 Å². The predicted molar refractivity (Wildman–Crippen MR) is 175 cm³/mol. The van der Waals surface area contributed by atoms with E-state index in [0.29, 0.717) is 40.7 Å². The van der Waals surface area contributed by atoms with E-state index in [1.807, 2.05) is 0 Å². The molecule has 3 aromatic carbocycles. The van der Waals surface area contributed by atoms with E-state index in [1.54, 1.807) is 42.4 Å². The number of ether oxygens (including phenoxy) is 6. The summed E-state index contributed by atoms with van der Waals surface area (Å²) in [5.41, 5.74) is 3.77. The molecule has 0 bridgehead atoms. The molecular weight excluding hydrogens is 596 g/mol. The van der Waals surface area contributed by atoms with Crippen molar-refractivity contribution in [3.63, 3.8) is 0 Å². The van der Waals surface area contributed by atoms with Crippen LogP contribution in [0.25, 0.3) is 33.2 Å². The van der Waals surface area contributed by atoms with Crippen LogP contribution in [0.3, 0.4) is 0 Å². The van der Waals surface area contributed by atoms with Crippen molar-refractivity contribution in [2.24, 2.45) is 0 Å². The van der Waals surface area contributed by atoms with Gasteiger partial charge in [0.15, 0.2) is 17.3 Å². The van der Waals surface area contributed by atoms with Crippen LogP contribution in [-0.4, -0.2) is 57.9 Å². The van der Waals surface area contributed by atoms with Crippen LogP contribution in [0.5, 0.6) is 34.5 Å². The Kier molecular flexibility index (Phi) is 9.87. The molecule has 236 valence electrons. The normalized spacial score (nSPS) is 11.1. The third-order valence-electron chi connectivity index (χ3n) is 7.59. The molecular formula is C34H36N2O8S. The fraction of sp³-hybridized carbons (Fsp3) is 0.324. The molecule has 10 nitrogen and oxygen atoms in total. The molecule has 0 atom stereocenters. The van der Waals surface area contributed by atoms with Crippen LogP contribution in [0, 0.1) is 13.8 Å². The molecule has 0 aliphatic heterocycles. The zero-order valence-corrected chi connectivity index (χ0v) is 27.3. The number of benzene rings is 3. The largest absolute Gasteiger partial charge is 0.496 e. The van der Waals surface area contributed by atoms with Crippen LogP contribution < -0.4 is 33.8 Å². The fourth-order valence-corrected chi connectivity index (χ4v) is 6.05. The van der Waals surface area contributed by atoms with Gasteiger partial charge in [-0.05, 0) is 61.8 Å². The molecule has 0 spiro atoms. The third-order valence-corrected chi connectivity index (χ3v) is 8.68. The molecule has 0 radical (unpaired) electrons. The number of rotatable bonds is 13. The first-order chi connectivity index (χ1) is 21.8. The first kappa shape index (κ1) is 31.8. The molecule has 0 N–H and O–H groups in total. The van der Waals surface area contributed by atoms with Crippen molar-refractivity contribution in [1.82, 2.24) is 9.97 Å². The SMILES string of the molecule is COc1cc(OC)c2c(=O)c(OCCCCSc3ncnc4c(C)c(C)ccc34)c(-c3cc(OC)c(OC)c(OC)c3)oc2c1. The Hall–Kier alpha value is -4.64. The molecule has 2 heterocycles. The molecule has 0 fully saturated rings. The van der Waals surface area contributed by atoms with Crippen LogP contribution in [0.2, 0.25) is 0 Å². The Bertz CT molecular complexity index is 1880. The maximum Gasteiger partial charge on any atom is 0.239 e. The summed E-state index contributed by atoms with van der Waals surface area (Å²) in [5, 5.41) is 2.25. The highest BCUT2D eigenvalue weighted by Gasteiger charge is 2.24. The van der Waals surface area contributed by atoms with Gasteiger partial charge in [0.2, 0.25) is 16.9 Å². The van der Waals surface area contributed by atoms with Crippen LogP contribution >= 0.6 is 11.8 Å². The highest BCUT2D eigenvalue weighted by atomic mass is 32.2. The molecule has 0 saturated carbocycles. The van der Waals surface area contributed by atoms with E-state index in [1.165, 1.54) is 41.1 Å². The molecule has 0 unspecified atom stereocenters. The first-order valence-electron chi connectivity index (χ1n) is 14.3. The number of aryl methyl sites for hydroxylation is 2. The Morgan fingerprint density at radius 3 is 2.20 bits per heavy atom. The summed E-state index contributed by atoms with van der Waals surface area (Å²) < 4.78 is 40.1. The summed E-state index contributed by atoms with van der Waals surface area (Å²) >= 11 is 1.68. The quantitative estimate of drug-likeness (QED) is 0.0759. The Labute approximate surface area is 265 Å². The average molecular weight is 633 g/mol. The summed E-state index contributed by atoms with van der Waals surface area (Å²) in [6, 6.07) is 10.9. The second-order valence-corrected chi connectivity index (χ2v) is 11.3. The lowest BCUT2D eigenvalue weighted by molar-refractivity contribution is 0.301. The second kappa shape index (κ2) is 14.0. The maximum absolute atomic E-state index is 14.0. The lowest BCUT2D eigenvalue weighted by Gasteiger charge is -2.17. The Morgan fingerprint density at radius 1 is 0.800 bits per heavy atom. The predicted octanol–water partition coefficient (Wildman–Crippen LogP) is 7.01. The molecule has 0 amide bonds. The minimum Gasteiger partial charge on any atom is -0.496 e. The molecule has 45 heavy (non-hydrogen) atoms.